The van der Waals surface area contributed by atoms with Gasteiger partial charge in [-0.15, -0.1) is 0 Å². The molecule has 2 rings (SSSR count). The Morgan fingerprint density at radius 2 is 2.05 bits per heavy atom. The van der Waals surface area contributed by atoms with E-state index in [2.05, 4.69) is 41.4 Å². The first-order valence-electron chi connectivity index (χ1n) is 6.29. The standard InChI is InChI=1S/C15H18N3.BrH/c1-3-8-17-9-10-18(13(17)2)12-15-7-5-4-6-14(15)11-16;/h4-7,9-10H,3,8,12H2,1-2H3;1H/q+1;/p-1. The second-order valence-corrected chi connectivity index (χ2v) is 4.44. The van der Waals surface area contributed by atoms with Crippen LogP contribution in [0.5, 0.6) is 0 Å². The normalized spacial score (nSPS) is 9.74. The molecule has 0 fully saturated rings. The van der Waals surface area contributed by atoms with Gasteiger partial charge < -0.3 is 17.0 Å². The summed E-state index contributed by atoms with van der Waals surface area (Å²) in [5.41, 5.74) is 1.83. The first-order valence-corrected chi connectivity index (χ1v) is 6.29. The molecule has 0 atom stereocenters. The monoisotopic (exact) mass is 319 g/mol. The highest BCUT2D eigenvalue weighted by Gasteiger charge is 2.13. The lowest BCUT2D eigenvalue weighted by molar-refractivity contribution is -0.694. The highest BCUT2D eigenvalue weighted by molar-refractivity contribution is 5.36. The summed E-state index contributed by atoms with van der Waals surface area (Å²) < 4.78 is 4.43. The summed E-state index contributed by atoms with van der Waals surface area (Å²) in [5.74, 6) is 1.23. The molecule has 0 saturated heterocycles. The lowest BCUT2D eigenvalue weighted by atomic mass is 10.1. The highest BCUT2D eigenvalue weighted by atomic mass is 79.9. The third kappa shape index (κ3) is 3.45. The van der Waals surface area contributed by atoms with Crippen molar-refractivity contribution in [3.05, 3.63) is 53.6 Å². The molecular formula is C15H18BrN3. The van der Waals surface area contributed by atoms with Gasteiger partial charge in [0.1, 0.15) is 18.9 Å². The Labute approximate surface area is 124 Å². The molecule has 0 amide bonds. The lowest BCUT2D eigenvalue weighted by Gasteiger charge is -2.02. The predicted molar refractivity (Wildman–Crippen MR) is 69.9 cm³/mol. The molecule has 0 N–H and O–H groups in total. The van der Waals surface area contributed by atoms with Crippen LogP contribution < -0.4 is 21.5 Å². The molecule has 0 saturated carbocycles. The van der Waals surface area contributed by atoms with Gasteiger partial charge in [0, 0.05) is 12.5 Å². The van der Waals surface area contributed by atoms with E-state index in [1.165, 1.54) is 5.82 Å². The minimum Gasteiger partial charge on any atom is -1.00 e. The minimum absolute atomic E-state index is 0. The minimum atomic E-state index is 0. The largest absolute Gasteiger partial charge is 1.00 e. The van der Waals surface area contributed by atoms with E-state index >= 15 is 0 Å². The van der Waals surface area contributed by atoms with E-state index in [-0.39, 0.29) is 17.0 Å². The number of halogens is 1. The fourth-order valence-electron chi connectivity index (χ4n) is 2.14. The fourth-order valence-corrected chi connectivity index (χ4v) is 2.14. The van der Waals surface area contributed by atoms with Crippen LogP contribution in [0.2, 0.25) is 0 Å². The predicted octanol–water partition coefficient (Wildman–Crippen LogP) is -0.582. The van der Waals surface area contributed by atoms with Gasteiger partial charge in [0.2, 0.25) is 0 Å². The number of benzene rings is 1. The van der Waals surface area contributed by atoms with Crippen LogP contribution in [0.1, 0.15) is 30.3 Å². The number of hydrogen-bond donors (Lipinski definition) is 0. The third-order valence-electron chi connectivity index (χ3n) is 3.20. The SMILES string of the molecule is CCCn1cc[n+](Cc2ccccc2C#N)c1C.[Br-]. The van der Waals surface area contributed by atoms with Crippen molar-refractivity contribution in [2.75, 3.05) is 0 Å². The molecule has 1 aromatic carbocycles. The summed E-state index contributed by atoms with van der Waals surface area (Å²) in [4.78, 5) is 0. The van der Waals surface area contributed by atoms with E-state index in [1.54, 1.807) is 0 Å². The van der Waals surface area contributed by atoms with Crippen LogP contribution in [0, 0.1) is 18.3 Å². The summed E-state index contributed by atoms with van der Waals surface area (Å²) in [6, 6.07) is 10.0. The Balaban J connectivity index is 0.00000180. The number of aromatic nitrogens is 2. The summed E-state index contributed by atoms with van der Waals surface area (Å²) in [6.45, 7) is 6.09. The molecule has 0 bridgehead atoms. The van der Waals surface area contributed by atoms with Crippen molar-refractivity contribution < 1.29 is 21.5 Å². The molecule has 19 heavy (non-hydrogen) atoms. The molecule has 0 aliphatic heterocycles. The second-order valence-electron chi connectivity index (χ2n) is 4.44. The molecular weight excluding hydrogens is 302 g/mol. The Morgan fingerprint density at radius 3 is 2.74 bits per heavy atom. The molecule has 0 spiro atoms. The van der Waals surface area contributed by atoms with Gasteiger partial charge >= 0.3 is 0 Å². The Kier molecular flexibility index (Phi) is 5.78. The van der Waals surface area contributed by atoms with Gasteiger partial charge in [-0.3, -0.25) is 0 Å². The van der Waals surface area contributed by atoms with Crippen LogP contribution in [0.15, 0.2) is 36.7 Å². The molecule has 0 aliphatic carbocycles. The molecule has 100 valence electrons. The molecule has 1 heterocycles. The van der Waals surface area contributed by atoms with Crippen molar-refractivity contribution in [1.82, 2.24) is 4.57 Å². The number of nitriles is 1. The topological polar surface area (TPSA) is 32.6 Å². The van der Waals surface area contributed by atoms with E-state index in [0.29, 0.717) is 0 Å². The van der Waals surface area contributed by atoms with Gasteiger partial charge in [-0.2, -0.15) is 5.26 Å². The summed E-state index contributed by atoms with van der Waals surface area (Å²) >= 11 is 0. The zero-order valence-electron chi connectivity index (χ0n) is 11.3. The van der Waals surface area contributed by atoms with Gasteiger partial charge in [-0.25, -0.2) is 9.13 Å². The first-order chi connectivity index (χ1) is 8.76. The quantitative estimate of drug-likeness (QED) is 0.694. The van der Waals surface area contributed by atoms with Crippen molar-refractivity contribution >= 4 is 0 Å². The fraction of sp³-hybridized carbons (Fsp3) is 0.333. The van der Waals surface area contributed by atoms with E-state index < -0.39 is 0 Å². The smallest absolute Gasteiger partial charge is 0.253 e. The average molecular weight is 320 g/mol. The number of aryl methyl sites for hydroxylation is 1. The maximum Gasteiger partial charge on any atom is 0.253 e. The van der Waals surface area contributed by atoms with Crippen molar-refractivity contribution in [2.24, 2.45) is 0 Å². The van der Waals surface area contributed by atoms with E-state index in [1.807, 2.05) is 24.3 Å². The number of hydrogen-bond acceptors (Lipinski definition) is 1. The van der Waals surface area contributed by atoms with Crippen LogP contribution in [-0.2, 0) is 13.1 Å². The number of nitrogens with zero attached hydrogens (tertiary/aromatic N) is 3. The van der Waals surface area contributed by atoms with E-state index in [0.717, 1.165) is 30.6 Å². The molecule has 3 nitrogen and oxygen atoms in total. The highest BCUT2D eigenvalue weighted by Crippen LogP contribution is 2.07. The summed E-state index contributed by atoms with van der Waals surface area (Å²) in [6.07, 6.45) is 5.32. The lowest BCUT2D eigenvalue weighted by Crippen LogP contribution is -3.00. The average Bonchev–Trinajstić information content (AvgIpc) is 2.73. The van der Waals surface area contributed by atoms with Crippen LogP contribution in [-0.4, -0.2) is 4.57 Å². The molecule has 2 aromatic rings. The van der Waals surface area contributed by atoms with Crippen LogP contribution >= 0.6 is 0 Å². The van der Waals surface area contributed by atoms with Gasteiger partial charge in [0.15, 0.2) is 0 Å². The van der Waals surface area contributed by atoms with Gasteiger partial charge in [-0.05, 0) is 12.5 Å². The van der Waals surface area contributed by atoms with Gasteiger partial charge in [-0.1, -0.05) is 25.1 Å². The molecule has 4 heteroatoms. The van der Waals surface area contributed by atoms with Crippen molar-refractivity contribution in [3.8, 4) is 6.07 Å². The van der Waals surface area contributed by atoms with E-state index in [9.17, 15) is 0 Å². The summed E-state index contributed by atoms with van der Waals surface area (Å²) in [5, 5.41) is 9.09. The zero-order valence-corrected chi connectivity index (χ0v) is 12.9. The molecule has 0 unspecified atom stereocenters. The maximum absolute atomic E-state index is 9.09. The Morgan fingerprint density at radius 1 is 1.32 bits per heavy atom. The Bertz CT molecular complexity index is 581. The maximum atomic E-state index is 9.09. The van der Waals surface area contributed by atoms with E-state index in [4.69, 9.17) is 5.26 Å². The van der Waals surface area contributed by atoms with Crippen LogP contribution in [0.25, 0.3) is 0 Å². The molecule has 0 aliphatic rings. The molecule has 0 radical (unpaired) electrons. The van der Waals surface area contributed by atoms with Crippen LogP contribution in [0.3, 0.4) is 0 Å². The van der Waals surface area contributed by atoms with Gasteiger partial charge in [0.25, 0.3) is 5.82 Å². The number of rotatable bonds is 4. The summed E-state index contributed by atoms with van der Waals surface area (Å²) in [7, 11) is 0. The van der Waals surface area contributed by atoms with Crippen molar-refractivity contribution in [1.29, 1.82) is 5.26 Å². The Hall–Kier alpha value is -1.60. The molecule has 1 aromatic heterocycles. The second kappa shape index (κ2) is 7.10. The number of imidazole rings is 1. The zero-order chi connectivity index (χ0) is 13.0. The van der Waals surface area contributed by atoms with Crippen LogP contribution in [0.4, 0.5) is 0 Å². The first kappa shape index (κ1) is 15.5. The van der Waals surface area contributed by atoms with Crippen molar-refractivity contribution in [3.63, 3.8) is 0 Å². The van der Waals surface area contributed by atoms with Gasteiger partial charge in [0.05, 0.1) is 18.2 Å². The third-order valence-corrected chi connectivity index (χ3v) is 3.20. The van der Waals surface area contributed by atoms with Crippen molar-refractivity contribution in [2.45, 2.75) is 33.4 Å².